The SMILES string of the molecule is COc1ccc(/C=N/NC(=O)COc2cc(C)cc(C)c2C)cc1[N+](=O)[O-]. The lowest BCUT2D eigenvalue weighted by Gasteiger charge is -2.11. The number of methoxy groups -OCH3 is 1. The van der Waals surface area contributed by atoms with E-state index in [1.54, 1.807) is 6.07 Å². The number of ether oxygens (including phenoxy) is 2. The zero-order valence-corrected chi connectivity index (χ0v) is 15.6. The summed E-state index contributed by atoms with van der Waals surface area (Å²) < 4.78 is 10.5. The fourth-order valence-corrected chi connectivity index (χ4v) is 2.44. The molecule has 2 rings (SSSR count). The van der Waals surface area contributed by atoms with Crippen LogP contribution < -0.4 is 14.9 Å². The Morgan fingerprint density at radius 1 is 1.22 bits per heavy atom. The highest BCUT2D eigenvalue weighted by Crippen LogP contribution is 2.27. The summed E-state index contributed by atoms with van der Waals surface area (Å²) >= 11 is 0. The van der Waals surface area contributed by atoms with Crippen molar-refractivity contribution >= 4 is 17.8 Å². The van der Waals surface area contributed by atoms with E-state index in [2.05, 4.69) is 10.5 Å². The number of nitrogens with zero attached hydrogens (tertiary/aromatic N) is 2. The van der Waals surface area contributed by atoms with Gasteiger partial charge in [-0.1, -0.05) is 6.07 Å². The first kappa shape index (κ1) is 19.9. The zero-order valence-electron chi connectivity index (χ0n) is 15.6. The average molecular weight is 371 g/mol. The van der Waals surface area contributed by atoms with E-state index in [0.717, 1.165) is 16.7 Å². The predicted octanol–water partition coefficient (Wildman–Crippen LogP) is 3.06. The van der Waals surface area contributed by atoms with Crippen LogP contribution >= 0.6 is 0 Å². The number of hydrazone groups is 1. The van der Waals surface area contributed by atoms with Crippen LogP contribution in [0.1, 0.15) is 22.3 Å². The van der Waals surface area contributed by atoms with E-state index in [1.807, 2.05) is 32.9 Å². The fraction of sp³-hybridized carbons (Fsp3) is 0.263. The maximum atomic E-state index is 11.9. The van der Waals surface area contributed by atoms with E-state index in [1.165, 1.54) is 25.5 Å². The van der Waals surface area contributed by atoms with Gasteiger partial charge in [-0.3, -0.25) is 14.9 Å². The van der Waals surface area contributed by atoms with Gasteiger partial charge in [0.25, 0.3) is 5.91 Å². The van der Waals surface area contributed by atoms with Crippen molar-refractivity contribution < 1.29 is 19.2 Å². The Morgan fingerprint density at radius 2 is 1.96 bits per heavy atom. The maximum Gasteiger partial charge on any atom is 0.311 e. The molecule has 27 heavy (non-hydrogen) atoms. The van der Waals surface area contributed by atoms with Crippen molar-refractivity contribution in [3.05, 3.63) is 62.7 Å². The van der Waals surface area contributed by atoms with Crippen LogP contribution in [0.2, 0.25) is 0 Å². The number of carbonyl (C=O) groups excluding carboxylic acids is 1. The van der Waals surface area contributed by atoms with Crippen LogP contribution in [0.25, 0.3) is 0 Å². The lowest BCUT2D eigenvalue weighted by atomic mass is 10.1. The van der Waals surface area contributed by atoms with Crippen molar-refractivity contribution in [2.24, 2.45) is 5.10 Å². The van der Waals surface area contributed by atoms with E-state index < -0.39 is 10.8 Å². The monoisotopic (exact) mass is 371 g/mol. The normalized spacial score (nSPS) is 10.7. The minimum Gasteiger partial charge on any atom is -0.490 e. The third kappa shape index (κ3) is 5.27. The van der Waals surface area contributed by atoms with Crippen molar-refractivity contribution in [1.82, 2.24) is 5.43 Å². The van der Waals surface area contributed by atoms with Crippen molar-refractivity contribution in [2.45, 2.75) is 20.8 Å². The molecule has 8 nitrogen and oxygen atoms in total. The molecule has 0 spiro atoms. The van der Waals surface area contributed by atoms with Crippen LogP contribution in [0.5, 0.6) is 11.5 Å². The molecule has 0 aliphatic heterocycles. The third-order valence-electron chi connectivity index (χ3n) is 3.93. The number of carbonyl (C=O) groups is 1. The van der Waals surface area contributed by atoms with Gasteiger partial charge in [0.05, 0.1) is 18.2 Å². The molecule has 1 amide bonds. The molecule has 0 aliphatic rings. The average Bonchev–Trinajstić information content (AvgIpc) is 2.63. The van der Waals surface area contributed by atoms with Crippen LogP contribution in [0.15, 0.2) is 35.4 Å². The van der Waals surface area contributed by atoms with Crippen molar-refractivity contribution in [3.63, 3.8) is 0 Å². The molecular weight excluding hydrogens is 350 g/mol. The van der Waals surface area contributed by atoms with Gasteiger partial charge in [-0.25, -0.2) is 5.43 Å². The van der Waals surface area contributed by atoms with Gasteiger partial charge in [0.2, 0.25) is 0 Å². The molecule has 0 aliphatic carbocycles. The smallest absolute Gasteiger partial charge is 0.311 e. The Morgan fingerprint density at radius 3 is 2.63 bits per heavy atom. The summed E-state index contributed by atoms with van der Waals surface area (Å²) in [7, 11) is 1.35. The standard InChI is InChI=1S/C19H21N3O5/c1-12-7-13(2)14(3)18(8-12)27-11-19(23)21-20-10-15-5-6-17(26-4)16(9-15)22(24)25/h5-10H,11H2,1-4H3,(H,21,23)/b20-10+. The van der Waals surface area contributed by atoms with Gasteiger partial charge in [-0.15, -0.1) is 0 Å². The van der Waals surface area contributed by atoms with Crippen LogP contribution in [0.3, 0.4) is 0 Å². The minimum absolute atomic E-state index is 0.151. The minimum atomic E-state index is -0.547. The quantitative estimate of drug-likeness (QED) is 0.458. The molecule has 0 unspecified atom stereocenters. The van der Waals surface area contributed by atoms with Crippen LogP contribution in [-0.2, 0) is 4.79 Å². The molecule has 0 heterocycles. The summed E-state index contributed by atoms with van der Waals surface area (Å²) in [5, 5.41) is 14.8. The Bertz CT molecular complexity index is 893. The topological polar surface area (TPSA) is 103 Å². The molecule has 142 valence electrons. The molecule has 0 aromatic heterocycles. The number of benzene rings is 2. The molecule has 0 radical (unpaired) electrons. The molecule has 1 N–H and O–H groups in total. The number of hydrogen-bond acceptors (Lipinski definition) is 6. The molecule has 0 fully saturated rings. The van der Waals surface area contributed by atoms with E-state index in [4.69, 9.17) is 9.47 Å². The first-order chi connectivity index (χ1) is 12.8. The molecular formula is C19H21N3O5. The Balaban J connectivity index is 1.96. The lowest BCUT2D eigenvalue weighted by molar-refractivity contribution is -0.385. The fourth-order valence-electron chi connectivity index (χ4n) is 2.44. The third-order valence-corrected chi connectivity index (χ3v) is 3.93. The molecule has 0 atom stereocenters. The second-order valence-corrected chi connectivity index (χ2v) is 5.98. The predicted molar refractivity (Wildman–Crippen MR) is 102 cm³/mol. The van der Waals surface area contributed by atoms with Crippen molar-refractivity contribution in [3.8, 4) is 11.5 Å². The lowest BCUT2D eigenvalue weighted by Crippen LogP contribution is -2.24. The van der Waals surface area contributed by atoms with E-state index in [9.17, 15) is 14.9 Å². The summed E-state index contributed by atoms with van der Waals surface area (Å²) in [6.45, 7) is 5.67. The van der Waals surface area contributed by atoms with Crippen LogP contribution in [0, 0.1) is 30.9 Å². The molecule has 0 bridgehead atoms. The van der Waals surface area contributed by atoms with Gasteiger partial charge in [-0.05, 0) is 55.7 Å². The highest BCUT2D eigenvalue weighted by atomic mass is 16.6. The summed E-state index contributed by atoms with van der Waals surface area (Å²) in [5.74, 6) is 0.364. The Labute approximate surface area is 157 Å². The van der Waals surface area contributed by atoms with E-state index in [-0.39, 0.29) is 18.0 Å². The summed E-state index contributed by atoms with van der Waals surface area (Å²) in [6.07, 6.45) is 1.31. The number of nitrogens with one attached hydrogen (secondary N) is 1. The highest BCUT2D eigenvalue weighted by Gasteiger charge is 2.14. The first-order valence-electron chi connectivity index (χ1n) is 8.16. The highest BCUT2D eigenvalue weighted by molar-refractivity contribution is 5.84. The second kappa shape index (κ2) is 8.79. The molecule has 2 aromatic rings. The largest absolute Gasteiger partial charge is 0.490 e. The number of amides is 1. The van der Waals surface area contributed by atoms with Gasteiger partial charge in [-0.2, -0.15) is 5.10 Å². The number of aryl methyl sites for hydroxylation is 2. The Kier molecular flexibility index (Phi) is 6.48. The van der Waals surface area contributed by atoms with Crippen LogP contribution in [0.4, 0.5) is 5.69 Å². The molecule has 0 saturated heterocycles. The zero-order chi connectivity index (χ0) is 20.0. The van der Waals surface area contributed by atoms with Gasteiger partial charge < -0.3 is 9.47 Å². The van der Waals surface area contributed by atoms with Gasteiger partial charge in [0, 0.05) is 11.6 Å². The van der Waals surface area contributed by atoms with E-state index in [0.29, 0.717) is 11.3 Å². The maximum absolute atomic E-state index is 11.9. The van der Waals surface area contributed by atoms with Gasteiger partial charge in [0.15, 0.2) is 12.4 Å². The van der Waals surface area contributed by atoms with Crippen molar-refractivity contribution in [1.29, 1.82) is 0 Å². The molecule has 0 saturated carbocycles. The summed E-state index contributed by atoms with van der Waals surface area (Å²) in [5.41, 5.74) is 5.72. The second-order valence-electron chi connectivity index (χ2n) is 5.98. The summed E-state index contributed by atoms with van der Waals surface area (Å²) in [6, 6.07) is 8.28. The Hall–Kier alpha value is -3.42. The van der Waals surface area contributed by atoms with Crippen molar-refractivity contribution in [2.75, 3.05) is 13.7 Å². The van der Waals surface area contributed by atoms with Crippen LogP contribution in [-0.4, -0.2) is 30.8 Å². The molecule has 8 heteroatoms. The first-order valence-corrected chi connectivity index (χ1v) is 8.16. The molecule has 2 aromatic carbocycles. The van der Waals surface area contributed by atoms with Gasteiger partial charge in [0.1, 0.15) is 5.75 Å². The van der Waals surface area contributed by atoms with Gasteiger partial charge >= 0.3 is 5.69 Å². The number of hydrogen-bond donors (Lipinski definition) is 1. The van der Waals surface area contributed by atoms with E-state index >= 15 is 0 Å². The number of nitro groups is 1. The number of rotatable bonds is 7. The summed E-state index contributed by atoms with van der Waals surface area (Å²) in [4.78, 5) is 22.3. The number of nitro benzene ring substituents is 1.